The highest BCUT2D eigenvalue weighted by Crippen LogP contribution is 2.43. The van der Waals surface area contributed by atoms with Crippen molar-refractivity contribution >= 4 is 15.9 Å². The third-order valence-electron chi connectivity index (χ3n) is 3.92. The number of benzene rings is 1. The van der Waals surface area contributed by atoms with Gasteiger partial charge < -0.3 is 10.5 Å². The molecule has 1 aliphatic rings. The van der Waals surface area contributed by atoms with Crippen LogP contribution in [-0.4, -0.2) is 5.60 Å². The smallest absolute Gasteiger partial charge is 0.124 e. The average Bonchev–Trinajstić information content (AvgIpc) is 2.37. The molecule has 1 heterocycles. The Balaban J connectivity index is 2.27. The SMILES string of the molecule is CCCCC1(CC)CC(N)c2cc(Br)ccc2O1. The van der Waals surface area contributed by atoms with Crippen molar-refractivity contribution in [3.63, 3.8) is 0 Å². The number of unbranched alkanes of at least 4 members (excludes halogenated alkanes) is 1. The topological polar surface area (TPSA) is 35.2 Å². The van der Waals surface area contributed by atoms with Crippen molar-refractivity contribution in [3.8, 4) is 5.75 Å². The molecule has 2 unspecified atom stereocenters. The second-order valence-corrected chi connectivity index (χ2v) is 6.15. The molecule has 0 amide bonds. The molecule has 0 aliphatic carbocycles. The van der Waals surface area contributed by atoms with E-state index in [2.05, 4.69) is 35.8 Å². The van der Waals surface area contributed by atoms with Crippen LogP contribution in [0.3, 0.4) is 0 Å². The van der Waals surface area contributed by atoms with E-state index < -0.39 is 0 Å². The number of nitrogens with two attached hydrogens (primary N) is 1. The zero-order valence-corrected chi connectivity index (χ0v) is 12.8. The number of halogens is 1. The summed E-state index contributed by atoms with van der Waals surface area (Å²) in [7, 11) is 0. The van der Waals surface area contributed by atoms with E-state index >= 15 is 0 Å². The van der Waals surface area contributed by atoms with Gasteiger partial charge in [0, 0.05) is 22.5 Å². The lowest BCUT2D eigenvalue weighted by Gasteiger charge is -2.41. The first-order valence-corrected chi connectivity index (χ1v) is 7.63. The summed E-state index contributed by atoms with van der Waals surface area (Å²) in [4.78, 5) is 0. The van der Waals surface area contributed by atoms with Gasteiger partial charge in [0.05, 0.1) is 0 Å². The molecule has 18 heavy (non-hydrogen) atoms. The fourth-order valence-corrected chi connectivity index (χ4v) is 3.11. The molecule has 1 aliphatic heterocycles. The molecular weight excluding hydrogens is 290 g/mol. The van der Waals surface area contributed by atoms with Crippen LogP contribution in [0.2, 0.25) is 0 Å². The summed E-state index contributed by atoms with van der Waals surface area (Å²) in [6, 6.07) is 6.23. The minimum Gasteiger partial charge on any atom is -0.487 e. The molecule has 0 saturated heterocycles. The minimum absolute atomic E-state index is 0.0593. The molecule has 2 nitrogen and oxygen atoms in total. The molecule has 1 aromatic rings. The van der Waals surface area contributed by atoms with Gasteiger partial charge in [0.25, 0.3) is 0 Å². The largest absolute Gasteiger partial charge is 0.487 e. The van der Waals surface area contributed by atoms with Crippen molar-refractivity contribution < 1.29 is 4.74 Å². The first-order valence-electron chi connectivity index (χ1n) is 6.84. The third kappa shape index (κ3) is 2.72. The van der Waals surface area contributed by atoms with Crippen LogP contribution >= 0.6 is 15.9 Å². The summed E-state index contributed by atoms with van der Waals surface area (Å²) in [6.45, 7) is 4.42. The van der Waals surface area contributed by atoms with Gasteiger partial charge in [-0.1, -0.05) is 36.2 Å². The van der Waals surface area contributed by atoms with E-state index in [1.807, 2.05) is 12.1 Å². The van der Waals surface area contributed by atoms with Gasteiger partial charge >= 0.3 is 0 Å². The Morgan fingerprint density at radius 2 is 2.22 bits per heavy atom. The minimum atomic E-state index is -0.0593. The molecule has 3 heteroatoms. The second kappa shape index (κ2) is 5.62. The van der Waals surface area contributed by atoms with Crippen LogP contribution in [0.5, 0.6) is 5.75 Å². The molecule has 1 aromatic carbocycles. The van der Waals surface area contributed by atoms with Crippen LogP contribution in [0.15, 0.2) is 22.7 Å². The van der Waals surface area contributed by atoms with Crippen LogP contribution in [0.25, 0.3) is 0 Å². The van der Waals surface area contributed by atoms with Gasteiger partial charge in [0.1, 0.15) is 11.4 Å². The Hall–Kier alpha value is -0.540. The number of fused-ring (bicyclic) bond motifs is 1. The van der Waals surface area contributed by atoms with E-state index in [0.29, 0.717) is 0 Å². The van der Waals surface area contributed by atoms with Gasteiger partial charge in [-0.2, -0.15) is 0 Å². The normalized spacial score (nSPS) is 26.6. The fourth-order valence-electron chi connectivity index (χ4n) is 2.73. The summed E-state index contributed by atoms with van der Waals surface area (Å²) < 4.78 is 7.36. The molecule has 2 rings (SSSR count). The van der Waals surface area contributed by atoms with Gasteiger partial charge in [-0.3, -0.25) is 0 Å². The Morgan fingerprint density at radius 1 is 1.44 bits per heavy atom. The van der Waals surface area contributed by atoms with Crippen LogP contribution < -0.4 is 10.5 Å². The van der Waals surface area contributed by atoms with Gasteiger partial charge in [0.15, 0.2) is 0 Å². The second-order valence-electron chi connectivity index (χ2n) is 5.23. The Bertz CT molecular complexity index is 421. The molecule has 0 aromatic heterocycles. The predicted molar refractivity (Wildman–Crippen MR) is 78.9 cm³/mol. The van der Waals surface area contributed by atoms with E-state index in [9.17, 15) is 0 Å². The lowest BCUT2D eigenvalue weighted by atomic mass is 9.82. The monoisotopic (exact) mass is 311 g/mol. The van der Waals surface area contributed by atoms with Crippen molar-refractivity contribution in [1.29, 1.82) is 0 Å². The predicted octanol–water partition coefficient (Wildman–Crippen LogP) is 4.57. The van der Waals surface area contributed by atoms with Crippen LogP contribution in [-0.2, 0) is 0 Å². The summed E-state index contributed by atoms with van der Waals surface area (Å²) in [5.41, 5.74) is 7.41. The molecule has 0 saturated carbocycles. The van der Waals surface area contributed by atoms with Crippen molar-refractivity contribution in [2.45, 2.75) is 57.6 Å². The van der Waals surface area contributed by atoms with Crippen molar-refractivity contribution in [3.05, 3.63) is 28.2 Å². The molecule has 0 bridgehead atoms. The van der Waals surface area contributed by atoms with Crippen molar-refractivity contribution in [2.75, 3.05) is 0 Å². The number of ether oxygens (including phenoxy) is 1. The number of hydrogen-bond donors (Lipinski definition) is 1. The molecule has 2 atom stereocenters. The Labute approximate surface area is 118 Å². The standard InChI is InChI=1S/C15H22BrNO/c1-3-5-8-15(4-2)10-13(17)12-9-11(16)6-7-14(12)18-15/h6-7,9,13H,3-5,8,10,17H2,1-2H3. The quantitative estimate of drug-likeness (QED) is 0.884. The molecular formula is C15H22BrNO. The lowest BCUT2D eigenvalue weighted by molar-refractivity contribution is 0.0217. The summed E-state index contributed by atoms with van der Waals surface area (Å²) in [5.74, 6) is 0.968. The summed E-state index contributed by atoms with van der Waals surface area (Å²) >= 11 is 3.49. The van der Waals surface area contributed by atoms with Crippen molar-refractivity contribution in [2.24, 2.45) is 5.73 Å². The number of hydrogen-bond acceptors (Lipinski definition) is 2. The fraction of sp³-hybridized carbons (Fsp3) is 0.600. The maximum atomic E-state index is 6.34. The van der Waals surface area contributed by atoms with E-state index in [0.717, 1.165) is 35.0 Å². The lowest BCUT2D eigenvalue weighted by Crippen LogP contribution is -2.42. The first-order chi connectivity index (χ1) is 8.60. The van der Waals surface area contributed by atoms with Crippen LogP contribution in [0, 0.1) is 0 Å². The third-order valence-corrected chi connectivity index (χ3v) is 4.41. The molecule has 0 fully saturated rings. The van der Waals surface area contributed by atoms with Crippen molar-refractivity contribution in [1.82, 2.24) is 0 Å². The average molecular weight is 312 g/mol. The summed E-state index contributed by atoms with van der Waals surface area (Å²) in [6.07, 6.45) is 5.45. The van der Waals surface area contributed by atoms with Gasteiger partial charge in [-0.15, -0.1) is 0 Å². The summed E-state index contributed by atoms with van der Waals surface area (Å²) in [5, 5.41) is 0. The van der Waals surface area contributed by atoms with Gasteiger partial charge in [0.2, 0.25) is 0 Å². The maximum Gasteiger partial charge on any atom is 0.124 e. The maximum absolute atomic E-state index is 6.34. The molecule has 0 radical (unpaired) electrons. The molecule has 2 N–H and O–H groups in total. The van der Waals surface area contributed by atoms with E-state index in [4.69, 9.17) is 10.5 Å². The molecule has 100 valence electrons. The highest BCUT2D eigenvalue weighted by atomic mass is 79.9. The highest BCUT2D eigenvalue weighted by Gasteiger charge is 2.37. The van der Waals surface area contributed by atoms with E-state index in [1.54, 1.807) is 0 Å². The van der Waals surface area contributed by atoms with E-state index in [1.165, 1.54) is 12.8 Å². The first kappa shape index (κ1) is 13.9. The molecule has 0 spiro atoms. The zero-order valence-electron chi connectivity index (χ0n) is 11.2. The Kier molecular flexibility index (Phi) is 4.33. The zero-order chi connectivity index (χ0) is 13.2. The van der Waals surface area contributed by atoms with Crippen LogP contribution in [0.4, 0.5) is 0 Å². The highest BCUT2D eigenvalue weighted by molar-refractivity contribution is 9.10. The van der Waals surface area contributed by atoms with Crippen LogP contribution in [0.1, 0.15) is 57.6 Å². The number of rotatable bonds is 4. The van der Waals surface area contributed by atoms with Gasteiger partial charge in [-0.05, 0) is 37.5 Å². The Morgan fingerprint density at radius 3 is 2.89 bits per heavy atom. The van der Waals surface area contributed by atoms with Gasteiger partial charge in [-0.25, -0.2) is 0 Å². The van der Waals surface area contributed by atoms with E-state index in [-0.39, 0.29) is 11.6 Å².